The fourth-order valence-corrected chi connectivity index (χ4v) is 2.85. The number of nitrogens with one attached hydrogen (secondary N) is 1. The van der Waals surface area contributed by atoms with Gasteiger partial charge < -0.3 is 14.5 Å². The monoisotopic (exact) mass is 380 g/mol. The fourth-order valence-electron chi connectivity index (χ4n) is 2.85. The minimum Gasteiger partial charge on any atom is -0.497 e. The van der Waals surface area contributed by atoms with Gasteiger partial charge in [-0.05, 0) is 36.8 Å². The molecule has 0 unspecified atom stereocenters. The molecule has 2 aromatic carbocycles. The number of hydrogen-bond acceptors (Lipinski definition) is 5. The second-order valence-corrected chi connectivity index (χ2v) is 5.35. The molecular formula is C23H28N2O3. The number of nitrogens with zero attached hydrogens (tertiary/aromatic N) is 1. The number of methoxy groups -OCH3 is 1. The molecule has 0 spiro atoms. The normalized spacial score (nSPS) is 9.36. The standard InChI is InChI=1S/C19H16N2O3.2C2H6/c1-11-16(21-2)8-7-14-17(12-5-4-6-13(9-12)23-3)15(10-20)19(22)24-18(11)14;2*1-2/h4-9,21H,1-3H3;2*1-2H3. The largest absolute Gasteiger partial charge is 0.497 e. The summed E-state index contributed by atoms with van der Waals surface area (Å²) in [5.41, 5.74) is 2.82. The summed E-state index contributed by atoms with van der Waals surface area (Å²) in [5, 5.41) is 13.2. The van der Waals surface area contributed by atoms with Crippen LogP contribution in [0.25, 0.3) is 22.1 Å². The van der Waals surface area contributed by atoms with Gasteiger partial charge in [0.15, 0.2) is 0 Å². The first-order valence-corrected chi connectivity index (χ1v) is 9.43. The highest BCUT2D eigenvalue weighted by Gasteiger charge is 2.18. The lowest BCUT2D eigenvalue weighted by molar-refractivity contribution is 0.415. The minimum absolute atomic E-state index is 0.00707. The Balaban J connectivity index is 0.000000921. The third-order valence-electron chi connectivity index (χ3n) is 4.06. The topological polar surface area (TPSA) is 75.3 Å². The van der Waals surface area contributed by atoms with Gasteiger partial charge in [-0.1, -0.05) is 39.8 Å². The van der Waals surface area contributed by atoms with E-state index in [1.165, 1.54) is 0 Å². The first-order chi connectivity index (χ1) is 13.6. The van der Waals surface area contributed by atoms with Crippen LogP contribution in [-0.2, 0) is 0 Å². The van der Waals surface area contributed by atoms with Gasteiger partial charge in [0.05, 0.1) is 7.11 Å². The van der Waals surface area contributed by atoms with Crippen molar-refractivity contribution < 1.29 is 9.15 Å². The van der Waals surface area contributed by atoms with Gasteiger partial charge in [0, 0.05) is 29.2 Å². The summed E-state index contributed by atoms with van der Waals surface area (Å²) in [5.74, 6) is 0.654. The van der Waals surface area contributed by atoms with Crippen LogP contribution in [0.4, 0.5) is 5.69 Å². The van der Waals surface area contributed by atoms with E-state index in [1.807, 2.05) is 71.0 Å². The number of aryl methyl sites for hydroxylation is 1. The molecule has 28 heavy (non-hydrogen) atoms. The molecule has 0 saturated carbocycles. The SMILES string of the molecule is CC.CC.CNc1ccc2c(-c3cccc(OC)c3)c(C#N)c(=O)oc2c1C. The molecule has 148 valence electrons. The van der Waals surface area contributed by atoms with Crippen LogP contribution in [0.5, 0.6) is 5.75 Å². The molecule has 1 heterocycles. The highest BCUT2D eigenvalue weighted by Crippen LogP contribution is 2.35. The summed E-state index contributed by atoms with van der Waals surface area (Å²) in [6.07, 6.45) is 0. The Kier molecular flexibility index (Phi) is 8.77. The third-order valence-corrected chi connectivity index (χ3v) is 4.06. The van der Waals surface area contributed by atoms with Gasteiger partial charge in [0.25, 0.3) is 0 Å². The Hall–Kier alpha value is -3.26. The van der Waals surface area contributed by atoms with E-state index in [4.69, 9.17) is 9.15 Å². The summed E-state index contributed by atoms with van der Waals surface area (Å²) in [4.78, 5) is 12.3. The van der Waals surface area contributed by atoms with Crippen LogP contribution in [0.3, 0.4) is 0 Å². The smallest absolute Gasteiger partial charge is 0.354 e. The van der Waals surface area contributed by atoms with Crippen molar-refractivity contribution in [2.45, 2.75) is 34.6 Å². The molecule has 0 aliphatic heterocycles. The van der Waals surface area contributed by atoms with Crippen molar-refractivity contribution in [2.24, 2.45) is 0 Å². The van der Waals surface area contributed by atoms with Crippen molar-refractivity contribution in [3.05, 3.63) is 57.9 Å². The molecule has 0 amide bonds. The van der Waals surface area contributed by atoms with Gasteiger partial charge in [-0.2, -0.15) is 5.26 Å². The number of nitriles is 1. The quantitative estimate of drug-likeness (QED) is 0.586. The maximum Gasteiger partial charge on any atom is 0.354 e. The molecule has 5 heteroatoms. The Morgan fingerprint density at radius 2 is 1.79 bits per heavy atom. The lowest BCUT2D eigenvalue weighted by Crippen LogP contribution is -2.08. The van der Waals surface area contributed by atoms with Crippen LogP contribution in [0.2, 0.25) is 0 Å². The van der Waals surface area contributed by atoms with Gasteiger partial charge >= 0.3 is 5.63 Å². The predicted octanol–water partition coefficient (Wildman–Crippen LogP) is 5.74. The Labute approximate surface area is 166 Å². The Morgan fingerprint density at radius 1 is 1.11 bits per heavy atom. The highest BCUT2D eigenvalue weighted by atomic mass is 16.5. The molecule has 0 saturated heterocycles. The molecule has 0 bridgehead atoms. The van der Waals surface area contributed by atoms with Gasteiger partial charge in [0.1, 0.15) is 23.0 Å². The van der Waals surface area contributed by atoms with Gasteiger partial charge in [-0.25, -0.2) is 4.79 Å². The molecule has 0 atom stereocenters. The van der Waals surface area contributed by atoms with Crippen molar-refractivity contribution in [1.29, 1.82) is 5.26 Å². The number of fused-ring (bicyclic) bond motifs is 1. The van der Waals surface area contributed by atoms with E-state index in [2.05, 4.69) is 5.32 Å². The van der Waals surface area contributed by atoms with Crippen molar-refractivity contribution in [3.63, 3.8) is 0 Å². The van der Waals surface area contributed by atoms with E-state index in [0.717, 1.165) is 22.2 Å². The first kappa shape index (κ1) is 22.8. The molecule has 5 nitrogen and oxygen atoms in total. The summed E-state index contributed by atoms with van der Waals surface area (Å²) in [7, 11) is 3.38. The highest BCUT2D eigenvalue weighted by molar-refractivity contribution is 5.99. The van der Waals surface area contributed by atoms with Crippen molar-refractivity contribution in [1.82, 2.24) is 0 Å². The van der Waals surface area contributed by atoms with E-state index in [-0.39, 0.29) is 5.56 Å². The second kappa shape index (κ2) is 10.8. The van der Waals surface area contributed by atoms with Crippen molar-refractivity contribution >= 4 is 16.7 Å². The zero-order chi connectivity index (χ0) is 21.3. The van der Waals surface area contributed by atoms with Gasteiger partial charge in [0.2, 0.25) is 0 Å². The van der Waals surface area contributed by atoms with E-state index in [0.29, 0.717) is 16.9 Å². The van der Waals surface area contributed by atoms with E-state index in [1.54, 1.807) is 20.2 Å². The average Bonchev–Trinajstić information content (AvgIpc) is 2.76. The Bertz CT molecular complexity index is 1030. The van der Waals surface area contributed by atoms with E-state index in [9.17, 15) is 10.1 Å². The second-order valence-electron chi connectivity index (χ2n) is 5.35. The number of hydrogen-bond donors (Lipinski definition) is 1. The Morgan fingerprint density at radius 3 is 2.36 bits per heavy atom. The number of rotatable bonds is 3. The zero-order valence-electron chi connectivity index (χ0n) is 17.6. The summed E-state index contributed by atoms with van der Waals surface area (Å²) >= 11 is 0. The minimum atomic E-state index is -0.640. The number of benzene rings is 2. The average molecular weight is 380 g/mol. The lowest BCUT2D eigenvalue weighted by Gasteiger charge is -2.12. The summed E-state index contributed by atoms with van der Waals surface area (Å²) < 4.78 is 10.7. The summed E-state index contributed by atoms with van der Waals surface area (Å²) in [6.45, 7) is 9.87. The van der Waals surface area contributed by atoms with Crippen LogP contribution in [0, 0.1) is 18.3 Å². The molecule has 1 N–H and O–H groups in total. The van der Waals surface area contributed by atoms with Gasteiger partial charge in [-0.3, -0.25) is 0 Å². The van der Waals surface area contributed by atoms with E-state index < -0.39 is 5.63 Å². The van der Waals surface area contributed by atoms with Crippen LogP contribution < -0.4 is 15.7 Å². The first-order valence-electron chi connectivity index (χ1n) is 9.43. The molecule has 1 aromatic heterocycles. The molecular weight excluding hydrogens is 352 g/mol. The number of ether oxygens (including phenoxy) is 1. The summed E-state index contributed by atoms with van der Waals surface area (Å²) in [6, 6.07) is 13.0. The number of anilines is 1. The lowest BCUT2D eigenvalue weighted by atomic mass is 9.96. The van der Waals surface area contributed by atoms with Crippen LogP contribution >= 0.6 is 0 Å². The van der Waals surface area contributed by atoms with Gasteiger partial charge in [-0.15, -0.1) is 0 Å². The molecule has 0 fully saturated rings. The van der Waals surface area contributed by atoms with Crippen molar-refractivity contribution in [3.8, 4) is 22.9 Å². The van der Waals surface area contributed by atoms with Crippen molar-refractivity contribution in [2.75, 3.05) is 19.5 Å². The maximum atomic E-state index is 12.3. The molecule has 3 rings (SSSR count). The van der Waals surface area contributed by atoms with E-state index >= 15 is 0 Å². The predicted molar refractivity (Wildman–Crippen MR) is 116 cm³/mol. The maximum absolute atomic E-state index is 12.3. The molecule has 0 radical (unpaired) electrons. The molecule has 3 aromatic rings. The molecule has 0 aliphatic rings. The van der Waals surface area contributed by atoms with Crippen LogP contribution in [0.1, 0.15) is 38.8 Å². The van der Waals surface area contributed by atoms with Crippen LogP contribution in [0.15, 0.2) is 45.6 Å². The molecule has 0 aliphatic carbocycles. The third kappa shape index (κ3) is 4.34. The fraction of sp³-hybridized carbons (Fsp3) is 0.304. The zero-order valence-corrected chi connectivity index (χ0v) is 17.6. The van der Waals surface area contributed by atoms with Crippen LogP contribution in [-0.4, -0.2) is 14.2 Å².